The first-order valence-corrected chi connectivity index (χ1v) is 8.01. The van der Waals surface area contributed by atoms with E-state index in [9.17, 15) is 4.79 Å². The van der Waals surface area contributed by atoms with Gasteiger partial charge in [0.1, 0.15) is 0 Å². The lowest BCUT2D eigenvalue weighted by molar-refractivity contribution is -0.136. The highest BCUT2D eigenvalue weighted by molar-refractivity contribution is 5.88. The van der Waals surface area contributed by atoms with E-state index in [0.29, 0.717) is 5.41 Å². The molecule has 0 atom stereocenters. The summed E-state index contributed by atoms with van der Waals surface area (Å²) in [6, 6.07) is 0. The molecular weight excluding hydrogens is 250 g/mol. The van der Waals surface area contributed by atoms with Gasteiger partial charge in [0, 0.05) is 18.7 Å². The third-order valence-electron chi connectivity index (χ3n) is 4.33. The summed E-state index contributed by atoms with van der Waals surface area (Å²) in [4.78, 5) is 11.5. The van der Waals surface area contributed by atoms with Crippen LogP contribution in [-0.4, -0.2) is 26.2 Å². The molecule has 3 heteroatoms. The van der Waals surface area contributed by atoms with Crippen molar-refractivity contribution in [2.75, 3.05) is 20.2 Å². The first-order valence-electron chi connectivity index (χ1n) is 8.01. The maximum Gasteiger partial charge on any atom is 0.333 e. The second kappa shape index (κ2) is 8.46. The van der Waals surface area contributed by atoms with Gasteiger partial charge in [-0.2, -0.15) is 0 Å². The summed E-state index contributed by atoms with van der Waals surface area (Å²) in [5.41, 5.74) is 1.25. The number of methoxy groups -OCH3 is 1. The number of ether oxygens (including phenoxy) is 1. The zero-order valence-electron chi connectivity index (χ0n) is 13.6. The van der Waals surface area contributed by atoms with Crippen LogP contribution in [0.5, 0.6) is 0 Å². The molecular formula is C17H31NO2. The van der Waals surface area contributed by atoms with Crippen molar-refractivity contribution in [2.24, 2.45) is 11.3 Å². The Morgan fingerprint density at radius 1 is 1.35 bits per heavy atom. The molecule has 0 radical (unpaired) electrons. The number of hydrogen-bond donors (Lipinski definition) is 1. The number of esters is 1. The third kappa shape index (κ3) is 5.28. The molecule has 1 rings (SSSR count). The molecule has 0 spiro atoms. The van der Waals surface area contributed by atoms with Gasteiger partial charge in [-0.25, -0.2) is 4.79 Å². The minimum absolute atomic E-state index is 0.202. The van der Waals surface area contributed by atoms with Crippen LogP contribution in [0.15, 0.2) is 11.6 Å². The van der Waals surface area contributed by atoms with Crippen molar-refractivity contribution < 1.29 is 9.53 Å². The topological polar surface area (TPSA) is 38.3 Å². The van der Waals surface area contributed by atoms with Gasteiger partial charge in [-0.1, -0.05) is 39.7 Å². The fourth-order valence-electron chi connectivity index (χ4n) is 3.48. The van der Waals surface area contributed by atoms with E-state index in [4.69, 9.17) is 4.74 Å². The highest BCUT2D eigenvalue weighted by Crippen LogP contribution is 2.42. The molecule has 1 fully saturated rings. The van der Waals surface area contributed by atoms with Crippen LogP contribution in [0.3, 0.4) is 0 Å². The van der Waals surface area contributed by atoms with Gasteiger partial charge in [0.05, 0.1) is 7.11 Å². The molecule has 20 heavy (non-hydrogen) atoms. The summed E-state index contributed by atoms with van der Waals surface area (Å²) < 4.78 is 4.77. The molecule has 0 unspecified atom stereocenters. The van der Waals surface area contributed by atoms with E-state index in [1.165, 1.54) is 39.2 Å². The molecule has 0 amide bonds. The van der Waals surface area contributed by atoms with Crippen LogP contribution in [0.25, 0.3) is 0 Å². The van der Waals surface area contributed by atoms with E-state index in [1.54, 1.807) is 0 Å². The zero-order chi connectivity index (χ0) is 15.0. The molecule has 3 nitrogen and oxygen atoms in total. The van der Waals surface area contributed by atoms with Gasteiger partial charge in [0.15, 0.2) is 0 Å². The normalized spacial score (nSPS) is 18.6. The van der Waals surface area contributed by atoms with E-state index in [0.717, 1.165) is 31.0 Å². The maximum absolute atomic E-state index is 11.5. The van der Waals surface area contributed by atoms with E-state index in [-0.39, 0.29) is 5.97 Å². The van der Waals surface area contributed by atoms with E-state index in [2.05, 4.69) is 19.2 Å². The highest BCUT2D eigenvalue weighted by atomic mass is 16.5. The first-order chi connectivity index (χ1) is 9.53. The number of carbonyl (C=O) groups is 1. The van der Waals surface area contributed by atoms with Gasteiger partial charge in [0.2, 0.25) is 0 Å². The van der Waals surface area contributed by atoms with Gasteiger partial charge >= 0.3 is 5.97 Å². The Bertz CT molecular complexity index is 328. The molecule has 1 N–H and O–H groups in total. The molecule has 1 aliphatic carbocycles. The average molecular weight is 281 g/mol. The lowest BCUT2D eigenvalue weighted by Gasteiger charge is -2.31. The van der Waals surface area contributed by atoms with Crippen molar-refractivity contribution in [2.45, 2.75) is 59.3 Å². The van der Waals surface area contributed by atoms with Crippen molar-refractivity contribution in [1.29, 1.82) is 0 Å². The van der Waals surface area contributed by atoms with Crippen LogP contribution >= 0.6 is 0 Å². The fraction of sp³-hybridized carbons (Fsp3) is 0.824. The van der Waals surface area contributed by atoms with E-state index >= 15 is 0 Å². The lowest BCUT2D eigenvalue weighted by Crippen LogP contribution is -2.33. The largest absolute Gasteiger partial charge is 0.466 e. The Hall–Kier alpha value is -0.830. The molecule has 0 aliphatic heterocycles. The van der Waals surface area contributed by atoms with Crippen molar-refractivity contribution in [3.8, 4) is 0 Å². The van der Waals surface area contributed by atoms with Gasteiger partial charge in [-0.3, -0.25) is 0 Å². The Morgan fingerprint density at radius 2 is 2.00 bits per heavy atom. The maximum atomic E-state index is 11.5. The second-order valence-corrected chi connectivity index (χ2v) is 6.51. The molecule has 0 heterocycles. The highest BCUT2D eigenvalue weighted by Gasteiger charge is 2.33. The number of hydrogen-bond acceptors (Lipinski definition) is 3. The number of nitrogens with one attached hydrogen (secondary N) is 1. The Balaban J connectivity index is 2.45. The van der Waals surface area contributed by atoms with Crippen molar-refractivity contribution in [1.82, 2.24) is 5.32 Å². The summed E-state index contributed by atoms with van der Waals surface area (Å²) in [6.07, 6.45) is 9.44. The van der Waals surface area contributed by atoms with Gasteiger partial charge in [-0.15, -0.1) is 0 Å². The molecule has 0 saturated heterocycles. The summed E-state index contributed by atoms with van der Waals surface area (Å²) in [5, 5.41) is 3.53. The van der Waals surface area contributed by atoms with Crippen LogP contribution in [0.1, 0.15) is 59.3 Å². The smallest absolute Gasteiger partial charge is 0.333 e. The first kappa shape index (κ1) is 17.2. The van der Waals surface area contributed by atoms with Crippen LogP contribution in [0.2, 0.25) is 0 Å². The van der Waals surface area contributed by atoms with Gasteiger partial charge < -0.3 is 10.1 Å². The Morgan fingerprint density at radius 3 is 2.50 bits per heavy atom. The number of rotatable bonds is 8. The standard InChI is InChI=1S/C17H31NO2/c1-5-15(16(19)20-4)8-11-18-13-17(12-14(2)3)9-6-7-10-17/h8,14,18H,5-7,9-13H2,1-4H3. The number of carbonyl (C=O) groups excluding carboxylic acids is 1. The molecule has 1 aliphatic rings. The summed E-state index contributed by atoms with van der Waals surface area (Å²) in [7, 11) is 1.44. The minimum Gasteiger partial charge on any atom is -0.466 e. The SMILES string of the molecule is CCC(=CCNCC1(CC(C)C)CCCC1)C(=O)OC. The van der Waals surface area contributed by atoms with Crippen LogP contribution in [-0.2, 0) is 9.53 Å². The van der Waals surface area contributed by atoms with E-state index in [1.807, 2.05) is 13.0 Å². The average Bonchev–Trinajstić information content (AvgIpc) is 2.86. The van der Waals surface area contributed by atoms with Crippen LogP contribution in [0.4, 0.5) is 0 Å². The van der Waals surface area contributed by atoms with Crippen LogP contribution < -0.4 is 5.32 Å². The molecule has 0 aromatic carbocycles. The molecule has 1 saturated carbocycles. The third-order valence-corrected chi connectivity index (χ3v) is 4.33. The summed E-state index contributed by atoms with van der Waals surface area (Å²) in [5.74, 6) is 0.554. The predicted octanol–water partition coefficient (Wildman–Crippen LogP) is 3.69. The summed E-state index contributed by atoms with van der Waals surface area (Å²) in [6.45, 7) is 8.44. The Labute approximate surface area is 124 Å². The van der Waals surface area contributed by atoms with Gasteiger partial charge in [0.25, 0.3) is 0 Å². The fourth-order valence-corrected chi connectivity index (χ4v) is 3.48. The summed E-state index contributed by atoms with van der Waals surface area (Å²) >= 11 is 0. The van der Waals surface area contributed by atoms with Gasteiger partial charge in [-0.05, 0) is 37.0 Å². The molecule has 0 aromatic heterocycles. The van der Waals surface area contributed by atoms with Crippen molar-refractivity contribution in [3.63, 3.8) is 0 Å². The lowest BCUT2D eigenvalue weighted by atomic mass is 9.78. The van der Waals surface area contributed by atoms with Crippen molar-refractivity contribution in [3.05, 3.63) is 11.6 Å². The predicted molar refractivity (Wildman–Crippen MR) is 83.6 cm³/mol. The van der Waals surface area contributed by atoms with E-state index < -0.39 is 0 Å². The minimum atomic E-state index is -0.202. The zero-order valence-corrected chi connectivity index (χ0v) is 13.6. The second-order valence-electron chi connectivity index (χ2n) is 6.51. The molecule has 0 bridgehead atoms. The Kier molecular flexibility index (Phi) is 7.28. The molecule has 0 aromatic rings. The quantitative estimate of drug-likeness (QED) is 0.419. The van der Waals surface area contributed by atoms with Crippen molar-refractivity contribution >= 4 is 5.97 Å². The van der Waals surface area contributed by atoms with Crippen LogP contribution in [0, 0.1) is 11.3 Å². The monoisotopic (exact) mass is 281 g/mol. The molecule has 116 valence electrons.